The van der Waals surface area contributed by atoms with Gasteiger partial charge in [-0.15, -0.1) is 0 Å². The van der Waals surface area contributed by atoms with Gasteiger partial charge in [-0.3, -0.25) is 0 Å². The molecular formula is C40H24O. The van der Waals surface area contributed by atoms with Crippen LogP contribution >= 0.6 is 0 Å². The van der Waals surface area contributed by atoms with Crippen LogP contribution in [-0.2, 0) is 0 Å². The molecule has 1 heterocycles. The minimum atomic E-state index is -0.431. The van der Waals surface area contributed by atoms with Crippen LogP contribution in [0.1, 0.15) is 8.22 Å². The lowest BCUT2D eigenvalue weighted by molar-refractivity contribution is 0.669. The molecule has 9 rings (SSSR count). The Morgan fingerprint density at radius 2 is 0.976 bits per heavy atom. The van der Waals surface area contributed by atoms with E-state index in [0.29, 0.717) is 16.4 Å². The normalized spacial score (nSPS) is 14.0. The number of hydrogen-bond acceptors (Lipinski definition) is 1. The van der Waals surface area contributed by atoms with Gasteiger partial charge in [0.1, 0.15) is 11.2 Å². The molecule has 9 aromatic rings. The van der Waals surface area contributed by atoms with Gasteiger partial charge in [0.05, 0.1) is 8.22 Å². The third kappa shape index (κ3) is 3.36. The third-order valence-electron chi connectivity index (χ3n) is 8.12. The van der Waals surface area contributed by atoms with E-state index in [4.69, 9.17) is 12.6 Å². The average molecular weight is 527 g/mol. The van der Waals surface area contributed by atoms with Gasteiger partial charge in [-0.25, -0.2) is 0 Å². The van der Waals surface area contributed by atoms with Gasteiger partial charge in [-0.1, -0.05) is 115 Å². The van der Waals surface area contributed by atoms with Crippen molar-refractivity contribution in [2.45, 2.75) is 0 Å². The van der Waals surface area contributed by atoms with E-state index in [0.717, 1.165) is 38.2 Å². The molecule has 1 heteroatoms. The first-order chi connectivity index (χ1) is 22.8. The van der Waals surface area contributed by atoms with E-state index >= 15 is 0 Å². The number of furan rings is 1. The Labute approximate surface area is 245 Å². The van der Waals surface area contributed by atoms with Crippen molar-refractivity contribution in [2.75, 3.05) is 0 Å². The molecule has 0 N–H and O–H groups in total. The van der Waals surface area contributed by atoms with Gasteiger partial charge in [-0.2, -0.15) is 0 Å². The second-order valence-electron chi connectivity index (χ2n) is 10.4. The summed E-state index contributed by atoms with van der Waals surface area (Å²) in [6, 6.07) is 36.0. The summed E-state index contributed by atoms with van der Waals surface area (Å²) in [5, 5.41) is 7.81. The SMILES string of the molecule is [2H]c1c([2H])c([2H])c2c([2H])c3c(oc4cc(-c5c6ccccc6c(-c6ccc7ccccc7c6)c6ccccc56)ccc43)c([2H])c2c1[2H]. The highest BCUT2D eigenvalue weighted by molar-refractivity contribution is 6.22. The molecule has 0 aliphatic carbocycles. The van der Waals surface area contributed by atoms with E-state index in [1.165, 1.54) is 16.3 Å². The molecule has 0 saturated heterocycles. The van der Waals surface area contributed by atoms with Crippen molar-refractivity contribution in [3.05, 3.63) is 145 Å². The Hall–Kier alpha value is -5.40. The zero-order chi connectivity index (χ0) is 32.1. The van der Waals surface area contributed by atoms with E-state index in [-0.39, 0.29) is 40.5 Å². The average Bonchev–Trinajstić information content (AvgIpc) is 3.49. The fourth-order valence-corrected chi connectivity index (χ4v) is 6.30. The number of rotatable bonds is 2. The zero-order valence-corrected chi connectivity index (χ0v) is 21.8. The molecule has 8 aromatic carbocycles. The number of hydrogen-bond donors (Lipinski definition) is 0. The molecule has 0 aliphatic heterocycles. The maximum absolute atomic E-state index is 9.03. The van der Waals surface area contributed by atoms with Crippen molar-refractivity contribution in [1.29, 1.82) is 0 Å². The van der Waals surface area contributed by atoms with Crippen LogP contribution in [0, 0.1) is 0 Å². The quantitative estimate of drug-likeness (QED) is 0.204. The first kappa shape index (κ1) is 17.3. The molecule has 0 aliphatic rings. The maximum Gasteiger partial charge on any atom is 0.136 e. The van der Waals surface area contributed by atoms with Gasteiger partial charge < -0.3 is 4.42 Å². The predicted molar refractivity (Wildman–Crippen MR) is 175 cm³/mol. The van der Waals surface area contributed by atoms with Gasteiger partial charge in [0.15, 0.2) is 0 Å². The molecule has 190 valence electrons. The van der Waals surface area contributed by atoms with E-state index in [1.807, 2.05) is 30.3 Å². The summed E-state index contributed by atoms with van der Waals surface area (Å²) in [6.07, 6.45) is 0. The lowest BCUT2D eigenvalue weighted by Gasteiger charge is -2.18. The zero-order valence-electron chi connectivity index (χ0n) is 27.8. The van der Waals surface area contributed by atoms with E-state index < -0.39 is 12.1 Å². The molecular weight excluding hydrogens is 496 g/mol. The van der Waals surface area contributed by atoms with Crippen LogP contribution in [0.5, 0.6) is 0 Å². The highest BCUT2D eigenvalue weighted by Gasteiger charge is 2.18. The first-order valence-electron chi connectivity index (χ1n) is 16.6. The highest BCUT2D eigenvalue weighted by Crippen LogP contribution is 2.45. The molecule has 41 heavy (non-hydrogen) atoms. The minimum absolute atomic E-state index is 0.00551. The first-order valence-corrected chi connectivity index (χ1v) is 13.6. The lowest BCUT2D eigenvalue weighted by Crippen LogP contribution is -1.91. The Morgan fingerprint density at radius 1 is 0.415 bits per heavy atom. The Kier molecular flexibility index (Phi) is 3.61. The van der Waals surface area contributed by atoms with Gasteiger partial charge in [0, 0.05) is 10.8 Å². The molecule has 0 fully saturated rings. The van der Waals surface area contributed by atoms with Crippen molar-refractivity contribution in [2.24, 2.45) is 0 Å². The van der Waals surface area contributed by atoms with Gasteiger partial charge in [0.25, 0.3) is 0 Å². The summed E-state index contributed by atoms with van der Waals surface area (Å²) in [4.78, 5) is 0. The molecule has 0 saturated carbocycles. The summed E-state index contributed by atoms with van der Waals surface area (Å²) < 4.78 is 57.5. The van der Waals surface area contributed by atoms with E-state index in [2.05, 4.69) is 78.9 Å². The minimum Gasteiger partial charge on any atom is -0.456 e. The van der Waals surface area contributed by atoms with Crippen molar-refractivity contribution < 1.29 is 12.6 Å². The van der Waals surface area contributed by atoms with Gasteiger partial charge >= 0.3 is 0 Å². The Morgan fingerprint density at radius 3 is 1.66 bits per heavy atom. The number of fused-ring (bicyclic) bond motifs is 7. The van der Waals surface area contributed by atoms with E-state index in [1.54, 1.807) is 0 Å². The topological polar surface area (TPSA) is 13.1 Å². The molecule has 0 bridgehead atoms. The second-order valence-corrected chi connectivity index (χ2v) is 10.4. The molecule has 0 unspecified atom stereocenters. The van der Waals surface area contributed by atoms with Gasteiger partial charge in [0.2, 0.25) is 0 Å². The summed E-state index contributed by atoms with van der Waals surface area (Å²) in [5.74, 6) is 0. The molecule has 0 radical (unpaired) electrons. The lowest BCUT2D eigenvalue weighted by atomic mass is 9.85. The van der Waals surface area contributed by atoms with Crippen LogP contribution in [0.3, 0.4) is 0 Å². The molecule has 0 atom stereocenters. The van der Waals surface area contributed by atoms with Crippen molar-refractivity contribution in [1.82, 2.24) is 0 Å². The fourth-order valence-electron chi connectivity index (χ4n) is 6.30. The van der Waals surface area contributed by atoms with Crippen LogP contribution in [0.25, 0.3) is 87.3 Å². The fraction of sp³-hybridized carbons (Fsp3) is 0. The third-order valence-corrected chi connectivity index (χ3v) is 8.12. The summed E-state index contributed by atoms with van der Waals surface area (Å²) in [5.41, 5.74) is 4.89. The Bertz CT molecular complexity index is 2760. The summed E-state index contributed by atoms with van der Waals surface area (Å²) in [7, 11) is 0. The van der Waals surface area contributed by atoms with Crippen LogP contribution in [0.2, 0.25) is 0 Å². The summed E-state index contributed by atoms with van der Waals surface area (Å²) >= 11 is 0. The van der Waals surface area contributed by atoms with Crippen molar-refractivity contribution >= 4 is 65.0 Å². The largest absolute Gasteiger partial charge is 0.456 e. The second kappa shape index (κ2) is 8.55. The van der Waals surface area contributed by atoms with Gasteiger partial charge in [-0.05, 0) is 95.6 Å². The smallest absolute Gasteiger partial charge is 0.136 e. The molecule has 0 amide bonds. The maximum atomic E-state index is 9.03. The van der Waals surface area contributed by atoms with E-state index in [9.17, 15) is 0 Å². The van der Waals surface area contributed by atoms with Crippen molar-refractivity contribution in [3.63, 3.8) is 0 Å². The predicted octanol–water partition coefficient (Wildman–Crippen LogP) is 11.5. The van der Waals surface area contributed by atoms with Crippen LogP contribution in [-0.4, -0.2) is 0 Å². The Balaban J connectivity index is 1.35. The standard InChI is InChI=1S/C40H24O/c1-2-10-26-21-29(18-17-25(26)9-1)39-32-13-5-7-15-34(32)40(35-16-8-6-14-33(35)39)30-19-20-31-36-22-27-11-3-4-12-28(27)23-38(36)41-37(31)24-30/h1-24H/i3D,4D,11D,12D,22D,23D. The van der Waals surface area contributed by atoms with Crippen LogP contribution in [0.4, 0.5) is 0 Å². The molecule has 1 aromatic heterocycles. The molecule has 1 nitrogen and oxygen atoms in total. The number of benzene rings is 8. The highest BCUT2D eigenvalue weighted by atomic mass is 16.3. The van der Waals surface area contributed by atoms with Crippen molar-refractivity contribution in [3.8, 4) is 22.3 Å². The van der Waals surface area contributed by atoms with Crippen LogP contribution in [0.15, 0.2) is 150 Å². The van der Waals surface area contributed by atoms with Crippen LogP contribution < -0.4 is 0 Å². The summed E-state index contributed by atoms with van der Waals surface area (Å²) in [6.45, 7) is 0. The monoisotopic (exact) mass is 526 g/mol. The molecule has 0 spiro atoms.